The molecule has 5 heteroatoms. The fraction of sp³-hybridized carbons (Fsp3) is 0.176. The van der Waals surface area contributed by atoms with Crippen LogP contribution in [0.1, 0.15) is 17.5 Å². The number of fused-ring (bicyclic) bond motifs is 2. The second-order valence-corrected chi connectivity index (χ2v) is 8.08. The van der Waals surface area contributed by atoms with Crippen molar-refractivity contribution in [1.29, 1.82) is 0 Å². The quantitative estimate of drug-likeness (QED) is 0.309. The Bertz CT molecular complexity index is 784. The van der Waals surface area contributed by atoms with E-state index in [0.29, 0.717) is 5.75 Å². The zero-order chi connectivity index (χ0) is 15.1. The van der Waals surface area contributed by atoms with Gasteiger partial charge in [-0.05, 0) is 0 Å². The van der Waals surface area contributed by atoms with Gasteiger partial charge in [-0.1, -0.05) is 0 Å². The molecule has 0 saturated carbocycles. The van der Waals surface area contributed by atoms with Gasteiger partial charge in [-0.2, -0.15) is 0 Å². The summed E-state index contributed by atoms with van der Waals surface area (Å²) in [6.45, 7) is 0. The van der Waals surface area contributed by atoms with Crippen LogP contribution in [0.3, 0.4) is 0 Å². The fourth-order valence-electron chi connectivity index (χ4n) is 2.61. The first-order valence-corrected chi connectivity index (χ1v) is 9.11. The Morgan fingerprint density at radius 2 is 1.86 bits per heavy atom. The summed E-state index contributed by atoms with van der Waals surface area (Å²) >= 11 is -0.171. The fourth-order valence-corrected chi connectivity index (χ4v) is 5.39. The molecule has 0 radical (unpaired) electrons. The van der Waals surface area contributed by atoms with Gasteiger partial charge in [0.15, 0.2) is 0 Å². The predicted octanol–water partition coefficient (Wildman–Crippen LogP) is -1.06. The molecule has 1 fully saturated rings. The molecule has 112 valence electrons. The van der Waals surface area contributed by atoms with Crippen molar-refractivity contribution in [3.8, 4) is 5.75 Å². The van der Waals surface area contributed by atoms with Crippen LogP contribution in [0.5, 0.6) is 5.75 Å². The third-order valence-corrected chi connectivity index (χ3v) is 6.93. The van der Waals surface area contributed by atoms with Gasteiger partial charge in [-0.3, -0.25) is 0 Å². The van der Waals surface area contributed by atoms with Crippen LogP contribution < -0.4 is 25.9 Å². The van der Waals surface area contributed by atoms with E-state index < -0.39 is 18.0 Å². The summed E-state index contributed by atoms with van der Waals surface area (Å²) in [7, 11) is 0. The second-order valence-electron chi connectivity index (χ2n) is 5.22. The van der Waals surface area contributed by atoms with Crippen molar-refractivity contribution in [1.82, 2.24) is 0 Å². The minimum atomic E-state index is -0.809. The van der Waals surface area contributed by atoms with E-state index in [1.807, 2.05) is 12.1 Å². The van der Waals surface area contributed by atoms with Crippen LogP contribution in [-0.2, 0) is 20.7 Å². The standard InChI is InChI=1S/C17H12IO4/c19-16-9-15(17(20)22-16)21-12-5-6-14-11(8-12)7-10-3-1-2-4-13(10)18-14/h1-6,8,15H,7,9H2/q-1. The Balaban J connectivity index is 1.58. The molecule has 2 aliphatic heterocycles. The van der Waals surface area contributed by atoms with E-state index in [2.05, 4.69) is 35.1 Å². The van der Waals surface area contributed by atoms with Gasteiger partial charge < -0.3 is 0 Å². The van der Waals surface area contributed by atoms with E-state index in [-0.39, 0.29) is 27.6 Å². The minimum absolute atomic E-state index is 0.00825. The number of carbonyl (C=O) groups excluding carboxylic acids is 2. The van der Waals surface area contributed by atoms with Crippen LogP contribution in [-0.4, -0.2) is 18.0 Å². The number of ether oxygens (including phenoxy) is 2. The normalized spacial score (nSPS) is 19.7. The number of rotatable bonds is 2. The topological polar surface area (TPSA) is 52.6 Å². The molecule has 0 spiro atoms. The molecule has 1 atom stereocenters. The van der Waals surface area contributed by atoms with Gasteiger partial charge in [0.1, 0.15) is 0 Å². The predicted molar refractivity (Wildman–Crippen MR) is 73.2 cm³/mol. The monoisotopic (exact) mass is 407 g/mol. The Hall–Kier alpha value is -1.89. The van der Waals surface area contributed by atoms with Crippen molar-refractivity contribution in [3.05, 3.63) is 60.7 Å². The van der Waals surface area contributed by atoms with Gasteiger partial charge in [-0.25, -0.2) is 0 Å². The molecule has 1 unspecified atom stereocenters. The van der Waals surface area contributed by atoms with Crippen LogP contribution in [0.4, 0.5) is 0 Å². The van der Waals surface area contributed by atoms with E-state index in [9.17, 15) is 9.59 Å². The van der Waals surface area contributed by atoms with Gasteiger partial charge in [0.25, 0.3) is 0 Å². The zero-order valence-electron chi connectivity index (χ0n) is 11.5. The molecule has 0 N–H and O–H groups in total. The van der Waals surface area contributed by atoms with Crippen molar-refractivity contribution in [2.45, 2.75) is 18.9 Å². The Labute approximate surface area is 137 Å². The molecule has 2 aromatic carbocycles. The molecule has 4 rings (SSSR count). The SMILES string of the molecule is O=C1CC(Oc2ccc3c(c2)Cc2ccccc2[I-]3)C(=O)O1. The van der Waals surface area contributed by atoms with Gasteiger partial charge in [0.2, 0.25) is 0 Å². The Morgan fingerprint density at radius 3 is 2.68 bits per heavy atom. The summed E-state index contributed by atoms with van der Waals surface area (Å²) in [5, 5.41) is 0. The van der Waals surface area contributed by atoms with Crippen LogP contribution in [0.2, 0.25) is 0 Å². The van der Waals surface area contributed by atoms with Crippen LogP contribution in [0, 0.1) is 7.14 Å². The van der Waals surface area contributed by atoms with Crippen molar-refractivity contribution in [2.24, 2.45) is 0 Å². The van der Waals surface area contributed by atoms with Gasteiger partial charge in [0, 0.05) is 0 Å². The maximum absolute atomic E-state index is 11.5. The molecule has 0 aromatic heterocycles. The molecule has 2 aliphatic rings. The summed E-state index contributed by atoms with van der Waals surface area (Å²) in [5.41, 5.74) is 2.62. The van der Waals surface area contributed by atoms with E-state index in [4.69, 9.17) is 4.74 Å². The van der Waals surface area contributed by atoms with Crippen molar-refractivity contribution >= 4 is 11.9 Å². The maximum atomic E-state index is 11.5. The first-order chi connectivity index (χ1) is 10.7. The number of halogens is 1. The summed E-state index contributed by atoms with van der Waals surface area (Å²) in [6, 6.07) is 14.5. The number of esters is 2. The molecule has 0 amide bonds. The van der Waals surface area contributed by atoms with Crippen LogP contribution >= 0.6 is 0 Å². The third-order valence-electron chi connectivity index (χ3n) is 3.67. The van der Waals surface area contributed by atoms with Crippen LogP contribution in [0.15, 0.2) is 42.5 Å². The van der Waals surface area contributed by atoms with Crippen LogP contribution in [0.25, 0.3) is 0 Å². The number of cyclic esters (lactones) is 2. The van der Waals surface area contributed by atoms with E-state index >= 15 is 0 Å². The summed E-state index contributed by atoms with van der Waals surface area (Å²) in [4.78, 5) is 22.6. The van der Waals surface area contributed by atoms with E-state index in [1.54, 1.807) is 0 Å². The summed E-state index contributed by atoms with van der Waals surface area (Å²) in [6.07, 6.45) is 0.0680. The van der Waals surface area contributed by atoms with E-state index in [0.717, 1.165) is 6.42 Å². The molecule has 2 aromatic rings. The number of hydrogen-bond acceptors (Lipinski definition) is 4. The molecule has 0 bridgehead atoms. The average molecular weight is 407 g/mol. The number of carbonyl (C=O) groups is 2. The molecular formula is C17H12IO4-. The molecular weight excluding hydrogens is 395 g/mol. The number of hydrogen-bond donors (Lipinski definition) is 0. The first-order valence-electron chi connectivity index (χ1n) is 6.96. The number of benzene rings is 2. The van der Waals surface area contributed by atoms with E-state index in [1.165, 1.54) is 18.3 Å². The summed E-state index contributed by atoms with van der Waals surface area (Å²) in [5.74, 6) is -0.493. The van der Waals surface area contributed by atoms with Gasteiger partial charge in [0.05, 0.1) is 0 Å². The molecule has 22 heavy (non-hydrogen) atoms. The Morgan fingerprint density at radius 1 is 1.05 bits per heavy atom. The first kappa shape index (κ1) is 13.8. The molecule has 1 saturated heterocycles. The Kier molecular flexibility index (Phi) is 3.37. The van der Waals surface area contributed by atoms with Crippen molar-refractivity contribution in [3.63, 3.8) is 0 Å². The average Bonchev–Trinajstić information content (AvgIpc) is 2.83. The third kappa shape index (κ3) is 2.49. The van der Waals surface area contributed by atoms with Crippen molar-refractivity contribution in [2.75, 3.05) is 0 Å². The van der Waals surface area contributed by atoms with Gasteiger partial charge in [-0.15, -0.1) is 0 Å². The van der Waals surface area contributed by atoms with Gasteiger partial charge >= 0.3 is 138 Å². The summed E-state index contributed by atoms with van der Waals surface area (Å²) < 4.78 is 13.0. The second kappa shape index (κ2) is 5.39. The molecule has 0 aliphatic carbocycles. The molecule has 4 nitrogen and oxygen atoms in total. The van der Waals surface area contributed by atoms with Crippen molar-refractivity contribution < 1.29 is 40.3 Å². The molecule has 2 heterocycles. The zero-order valence-corrected chi connectivity index (χ0v) is 13.7.